The van der Waals surface area contributed by atoms with Crippen molar-refractivity contribution in [3.63, 3.8) is 0 Å². The quantitative estimate of drug-likeness (QED) is 0.807. The lowest BCUT2D eigenvalue weighted by atomic mass is 9.93. The van der Waals surface area contributed by atoms with Gasteiger partial charge in [-0.2, -0.15) is 4.99 Å². The number of rotatable bonds is 6. The smallest absolute Gasteiger partial charge is 0.332 e. The Morgan fingerprint density at radius 2 is 1.97 bits per heavy atom. The van der Waals surface area contributed by atoms with Crippen molar-refractivity contribution in [2.45, 2.75) is 52.2 Å². The van der Waals surface area contributed by atoms with Crippen LogP contribution < -0.4 is 11.2 Å². The number of aromatic nitrogens is 2. The minimum absolute atomic E-state index is 0.0209. The van der Waals surface area contributed by atoms with Gasteiger partial charge in [0.2, 0.25) is 0 Å². The fraction of sp³-hybridized carbons (Fsp3) is 0.500. The van der Waals surface area contributed by atoms with Crippen LogP contribution in [0.5, 0.6) is 0 Å². The van der Waals surface area contributed by atoms with Crippen molar-refractivity contribution in [3.05, 3.63) is 62.3 Å². The van der Waals surface area contributed by atoms with Gasteiger partial charge in [0.1, 0.15) is 5.82 Å². The van der Waals surface area contributed by atoms with E-state index in [0.29, 0.717) is 36.5 Å². The maximum Gasteiger partial charge on any atom is 0.332 e. The normalized spacial score (nSPS) is 16.3. The number of aliphatic hydroxyl groups excluding tert-OH is 1. The van der Waals surface area contributed by atoms with Crippen molar-refractivity contribution < 1.29 is 9.84 Å². The van der Waals surface area contributed by atoms with Gasteiger partial charge in [0, 0.05) is 26.1 Å². The first kappa shape index (κ1) is 21.0. The van der Waals surface area contributed by atoms with Crippen LogP contribution in [-0.2, 0) is 31.2 Å². The minimum atomic E-state index is -0.420. The van der Waals surface area contributed by atoms with E-state index < -0.39 is 5.69 Å². The van der Waals surface area contributed by atoms with Crippen molar-refractivity contribution in [2.24, 2.45) is 18.0 Å². The zero-order valence-electron chi connectivity index (χ0n) is 17.3. The minimum Gasteiger partial charge on any atom is -0.478 e. The van der Waals surface area contributed by atoms with Gasteiger partial charge >= 0.3 is 5.69 Å². The molecule has 29 heavy (non-hydrogen) atoms. The summed E-state index contributed by atoms with van der Waals surface area (Å²) in [5.41, 5.74) is 0.976. The number of ether oxygens (including phenoxy) is 1. The highest BCUT2D eigenvalue weighted by molar-refractivity contribution is 5.82. The van der Waals surface area contributed by atoms with Crippen molar-refractivity contribution in [2.75, 3.05) is 6.61 Å². The first-order chi connectivity index (χ1) is 13.9. The maximum atomic E-state index is 13.0. The lowest BCUT2D eigenvalue weighted by Gasteiger charge is -2.20. The van der Waals surface area contributed by atoms with Crippen molar-refractivity contribution in [1.82, 2.24) is 9.13 Å². The van der Waals surface area contributed by atoms with Gasteiger partial charge in [0.15, 0.2) is 5.90 Å². The van der Waals surface area contributed by atoms with Gasteiger partial charge in [-0.05, 0) is 45.1 Å². The number of fused-ring (bicyclic) bond motifs is 1. The molecule has 0 spiro atoms. The second-order valence-corrected chi connectivity index (χ2v) is 7.72. The Balaban J connectivity index is 2.06. The Hall–Kier alpha value is -2.67. The highest BCUT2D eigenvalue weighted by atomic mass is 16.5. The fourth-order valence-corrected chi connectivity index (χ4v) is 3.70. The average molecular weight is 399 g/mol. The molecule has 0 radical (unpaired) electrons. The lowest BCUT2D eigenvalue weighted by molar-refractivity contribution is 0.209. The molecule has 1 unspecified atom stereocenters. The summed E-state index contributed by atoms with van der Waals surface area (Å²) in [5.74, 6) is 0.976. The number of nitrogens with zero attached hydrogens (tertiary/aromatic N) is 3. The van der Waals surface area contributed by atoms with Crippen LogP contribution in [0.15, 0.2) is 44.9 Å². The van der Waals surface area contributed by atoms with Gasteiger partial charge in [-0.1, -0.05) is 30.3 Å². The van der Waals surface area contributed by atoms with Crippen LogP contribution in [-0.4, -0.2) is 32.8 Å². The molecule has 1 aliphatic heterocycles. The summed E-state index contributed by atoms with van der Waals surface area (Å²) in [7, 11) is 1.63. The van der Waals surface area contributed by atoms with E-state index in [1.807, 2.05) is 32.0 Å². The summed E-state index contributed by atoms with van der Waals surface area (Å²) in [6.45, 7) is 4.01. The maximum absolute atomic E-state index is 13.0. The predicted octanol–water partition coefficient (Wildman–Crippen LogP) is 2.19. The van der Waals surface area contributed by atoms with E-state index in [-0.39, 0.29) is 30.7 Å². The zero-order chi connectivity index (χ0) is 21.0. The highest BCUT2D eigenvalue weighted by Crippen LogP contribution is 2.27. The fourth-order valence-electron chi connectivity index (χ4n) is 3.70. The van der Waals surface area contributed by atoms with Crippen LogP contribution in [0.1, 0.15) is 37.8 Å². The summed E-state index contributed by atoms with van der Waals surface area (Å²) in [6, 6.07) is 10.1. The van der Waals surface area contributed by atoms with E-state index in [1.54, 1.807) is 7.05 Å². The van der Waals surface area contributed by atoms with Crippen LogP contribution in [0.3, 0.4) is 0 Å². The molecule has 0 amide bonds. The Morgan fingerprint density at radius 3 is 2.62 bits per heavy atom. The summed E-state index contributed by atoms with van der Waals surface area (Å²) < 4.78 is 8.65. The number of hydrogen-bond acceptors (Lipinski definition) is 5. The molecule has 1 aromatic carbocycles. The molecule has 0 saturated heterocycles. The van der Waals surface area contributed by atoms with Crippen molar-refractivity contribution >= 4 is 11.7 Å². The van der Waals surface area contributed by atoms with E-state index in [2.05, 4.69) is 12.1 Å². The van der Waals surface area contributed by atoms with Crippen LogP contribution in [0.4, 0.5) is 5.82 Å². The molecular formula is C22H29N3O4. The molecule has 1 aliphatic rings. The molecule has 7 nitrogen and oxygen atoms in total. The molecule has 1 aromatic heterocycles. The Morgan fingerprint density at radius 1 is 1.24 bits per heavy atom. The van der Waals surface area contributed by atoms with Crippen LogP contribution >= 0.6 is 0 Å². The number of aliphatic hydroxyl groups is 1. The monoisotopic (exact) mass is 399 g/mol. The van der Waals surface area contributed by atoms with Gasteiger partial charge in [0.25, 0.3) is 5.56 Å². The number of aliphatic imine (C=N–C) groups is 1. The predicted molar refractivity (Wildman–Crippen MR) is 113 cm³/mol. The van der Waals surface area contributed by atoms with E-state index in [4.69, 9.17) is 14.8 Å². The average Bonchev–Trinajstić information content (AvgIpc) is 2.87. The van der Waals surface area contributed by atoms with Gasteiger partial charge < -0.3 is 9.84 Å². The van der Waals surface area contributed by atoms with E-state index in [9.17, 15) is 9.59 Å². The lowest BCUT2D eigenvalue weighted by Crippen LogP contribution is -2.41. The summed E-state index contributed by atoms with van der Waals surface area (Å²) in [4.78, 5) is 30.4. The summed E-state index contributed by atoms with van der Waals surface area (Å²) >= 11 is 0. The molecule has 2 aromatic rings. The summed E-state index contributed by atoms with van der Waals surface area (Å²) in [5, 5.41) is 9.09. The number of benzene rings is 1. The molecule has 0 aliphatic carbocycles. The Kier molecular flexibility index (Phi) is 6.69. The van der Waals surface area contributed by atoms with Gasteiger partial charge in [-0.3, -0.25) is 13.9 Å². The van der Waals surface area contributed by atoms with Crippen molar-refractivity contribution in [1.29, 1.82) is 0 Å². The van der Waals surface area contributed by atoms with Crippen LogP contribution in [0.25, 0.3) is 0 Å². The largest absolute Gasteiger partial charge is 0.478 e. The third-order valence-corrected chi connectivity index (χ3v) is 5.14. The Bertz CT molecular complexity index is 990. The third-order valence-electron chi connectivity index (χ3n) is 5.14. The molecule has 3 rings (SSSR count). The molecule has 156 valence electrons. The number of hydrogen-bond donors (Lipinski definition) is 1. The second-order valence-electron chi connectivity index (χ2n) is 7.72. The molecule has 0 fully saturated rings. The Labute approximate surface area is 170 Å². The topological polar surface area (TPSA) is 85.8 Å². The molecule has 0 bridgehead atoms. The van der Waals surface area contributed by atoms with Crippen LogP contribution in [0.2, 0.25) is 0 Å². The standard InChI is InChI=1S/C22H29N3O4/c1-15(2)29-20-17(14-16-8-5-4-6-9-16)10-11-18-19(23-20)24(3)22(28)25(21(18)27)12-7-13-26/h4-6,8-9,15,17,26H,7,10-14H2,1-3H3. The molecule has 1 N–H and O–H groups in total. The summed E-state index contributed by atoms with van der Waals surface area (Å²) in [6.07, 6.45) is 2.28. The molecule has 0 saturated carbocycles. The van der Waals surface area contributed by atoms with Gasteiger partial charge in [-0.25, -0.2) is 4.79 Å². The molecule has 2 heterocycles. The van der Waals surface area contributed by atoms with Gasteiger partial charge in [-0.15, -0.1) is 0 Å². The SMILES string of the molecule is CC(C)OC1=Nc2c(c(=O)n(CCCO)c(=O)n2C)CCC1Cc1ccccc1. The third kappa shape index (κ3) is 4.67. The van der Waals surface area contributed by atoms with E-state index in [0.717, 1.165) is 6.42 Å². The van der Waals surface area contributed by atoms with E-state index >= 15 is 0 Å². The molecule has 1 atom stereocenters. The van der Waals surface area contributed by atoms with Crippen molar-refractivity contribution in [3.8, 4) is 0 Å². The first-order valence-corrected chi connectivity index (χ1v) is 10.1. The van der Waals surface area contributed by atoms with Crippen LogP contribution in [0, 0.1) is 5.92 Å². The molecule has 7 heteroatoms. The second kappa shape index (κ2) is 9.22. The van der Waals surface area contributed by atoms with Gasteiger partial charge in [0.05, 0.1) is 11.7 Å². The zero-order valence-corrected chi connectivity index (χ0v) is 17.3. The highest BCUT2D eigenvalue weighted by Gasteiger charge is 2.27. The molecular weight excluding hydrogens is 370 g/mol. The first-order valence-electron chi connectivity index (χ1n) is 10.1. The van der Waals surface area contributed by atoms with E-state index in [1.165, 1.54) is 14.7 Å².